The summed E-state index contributed by atoms with van der Waals surface area (Å²) in [6, 6.07) is 8.70. The van der Waals surface area contributed by atoms with Gasteiger partial charge in [-0.1, -0.05) is 11.2 Å². The Morgan fingerprint density at radius 1 is 1.24 bits per heavy atom. The van der Waals surface area contributed by atoms with E-state index in [0.717, 1.165) is 5.56 Å². The van der Waals surface area contributed by atoms with E-state index in [-0.39, 0.29) is 13.0 Å². The van der Waals surface area contributed by atoms with Crippen LogP contribution in [0.1, 0.15) is 24.0 Å². The van der Waals surface area contributed by atoms with Crippen LogP contribution >= 0.6 is 0 Å². The molecule has 2 aromatic rings. The lowest BCUT2D eigenvalue weighted by Crippen LogP contribution is -2.48. The molecule has 0 saturated heterocycles. The molecule has 0 bridgehead atoms. The summed E-state index contributed by atoms with van der Waals surface area (Å²) in [7, 11) is 3.04. The van der Waals surface area contributed by atoms with E-state index in [9.17, 15) is 14.7 Å². The molecule has 1 aliphatic rings. The van der Waals surface area contributed by atoms with Crippen molar-refractivity contribution in [1.82, 2.24) is 10.3 Å². The molecule has 1 aliphatic heterocycles. The SMILES string of the molecule is COc1ccc(C2=NOC(CC(=O)O)(C(=O)NCc3cccnc3)C2)cc1OC. The zero-order valence-corrected chi connectivity index (χ0v) is 16.0. The lowest BCUT2D eigenvalue weighted by Gasteiger charge is -2.23. The number of hydrogen-bond donors (Lipinski definition) is 2. The Morgan fingerprint density at radius 3 is 2.69 bits per heavy atom. The number of carbonyl (C=O) groups excluding carboxylic acids is 1. The number of aliphatic carboxylic acids is 1. The van der Waals surface area contributed by atoms with Gasteiger partial charge in [0, 0.05) is 30.9 Å². The second-order valence-corrected chi connectivity index (χ2v) is 6.48. The molecule has 2 N–H and O–H groups in total. The van der Waals surface area contributed by atoms with E-state index in [1.807, 2.05) is 0 Å². The zero-order chi connectivity index (χ0) is 20.9. The van der Waals surface area contributed by atoms with Gasteiger partial charge in [-0.3, -0.25) is 14.6 Å². The van der Waals surface area contributed by atoms with Gasteiger partial charge in [0.15, 0.2) is 11.5 Å². The van der Waals surface area contributed by atoms with E-state index in [1.165, 1.54) is 14.2 Å². The number of carboxylic acids is 1. The number of amides is 1. The molecule has 0 radical (unpaired) electrons. The molecule has 29 heavy (non-hydrogen) atoms. The molecule has 0 saturated carbocycles. The summed E-state index contributed by atoms with van der Waals surface area (Å²) in [5.74, 6) is -0.681. The van der Waals surface area contributed by atoms with Crippen molar-refractivity contribution in [2.75, 3.05) is 14.2 Å². The molecule has 9 nitrogen and oxygen atoms in total. The molecule has 152 valence electrons. The van der Waals surface area contributed by atoms with Crippen LogP contribution in [-0.4, -0.2) is 47.5 Å². The molecular formula is C20H21N3O6. The van der Waals surface area contributed by atoms with Crippen LogP contribution in [0.25, 0.3) is 0 Å². The van der Waals surface area contributed by atoms with E-state index >= 15 is 0 Å². The topological polar surface area (TPSA) is 119 Å². The summed E-state index contributed by atoms with van der Waals surface area (Å²) in [5, 5.41) is 16.0. The highest BCUT2D eigenvalue weighted by Gasteiger charge is 2.48. The maximum absolute atomic E-state index is 12.8. The van der Waals surface area contributed by atoms with Gasteiger partial charge in [-0.15, -0.1) is 0 Å². The third-order valence-corrected chi connectivity index (χ3v) is 4.53. The molecule has 1 aromatic carbocycles. The van der Waals surface area contributed by atoms with Crippen LogP contribution < -0.4 is 14.8 Å². The van der Waals surface area contributed by atoms with Crippen LogP contribution in [0.4, 0.5) is 0 Å². The molecule has 1 unspecified atom stereocenters. The van der Waals surface area contributed by atoms with Gasteiger partial charge in [-0.05, 0) is 29.8 Å². The van der Waals surface area contributed by atoms with Gasteiger partial charge in [0.25, 0.3) is 5.91 Å². The van der Waals surface area contributed by atoms with E-state index in [0.29, 0.717) is 22.8 Å². The van der Waals surface area contributed by atoms with Crippen molar-refractivity contribution in [3.8, 4) is 11.5 Å². The van der Waals surface area contributed by atoms with Crippen LogP contribution in [0.2, 0.25) is 0 Å². The summed E-state index contributed by atoms with van der Waals surface area (Å²) in [6.07, 6.45) is 2.73. The summed E-state index contributed by atoms with van der Waals surface area (Å²) >= 11 is 0. The number of carboxylic acid groups (broad SMARTS) is 1. The number of methoxy groups -OCH3 is 2. The van der Waals surface area contributed by atoms with Gasteiger partial charge in [0.05, 0.1) is 26.4 Å². The minimum Gasteiger partial charge on any atom is -0.493 e. The predicted octanol–water partition coefficient (Wildman–Crippen LogP) is 1.75. The highest BCUT2D eigenvalue weighted by molar-refractivity contribution is 6.06. The Kier molecular flexibility index (Phi) is 5.96. The van der Waals surface area contributed by atoms with Crippen molar-refractivity contribution in [1.29, 1.82) is 0 Å². The van der Waals surface area contributed by atoms with Gasteiger partial charge >= 0.3 is 5.97 Å². The smallest absolute Gasteiger partial charge is 0.308 e. The first-order valence-electron chi connectivity index (χ1n) is 8.84. The van der Waals surface area contributed by atoms with Crippen molar-refractivity contribution in [3.05, 3.63) is 53.9 Å². The number of nitrogens with one attached hydrogen (secondary N) is 1. The number of carbonyl (C=O) groups is 2. The van der Waals surface area contributed by atoms with Crippen molar-refractivity contribution in [3.63, 3.8) is 0 Å². The van der Waals surface area contributed by atoms with E-state index in [4.69, 9.17) is 14.3 Å². The van der Waals surface area contributed by atoms with Crippen molar-refractivity contribution >= 4 is 17.6 Å². The van der Waals surface area contributed by atoms with Crippen molar-refractivity contribution in [2.45, 2.75) is 25.0 Å². The second kappa shape index (κ2) is 8.59. The van der Waals surface area contributed by atoms with Crippen molar-refractivity contribution < 1.29 is 29.0 Å². The number of rotatable bonds is 8. The normalized spacial score (nSPS) is 17.8. The zero-order valence-electron chi connectivity index (χ0n) is 16.0. The molecule has 3 rings (SSSR count). The largest absolute Gasteiger partial charge is 0.493 e. The molecule has 2 heterocycles. The average Bonchev–Trinajstić information content (AvgIpc) is 3.16. The minimum absolute atomic E-state index is 0.00760. The second-order valence-electron chi connectivity index (χ2n) is 6.48. The van der Waals surface area contributed by atoms with Gasteiger partial charge < -0.3 is 24.7 Å². The molecule has 0 spiro atoms. The summed E-state index contributed by atoms with van der Waals surface area (Å²) in [6.45, 7) is 0.198. The minimum atomic E-state index is -1.63. The maximum atomic E-state index is 12.8. The quantitative estimate of drug-likeness (QED) is 0.694. The maximum Gasteiger partial charge on any atom is 0.308 e. The third-order valence-electron chi connectivity index (χ3n) is 4.53. The van der Waals surface area contributed by atoms with E-state index < -0.39 is 23.9 Å². The average molecular weight is 399 g/mol. The van der Waals surface area contributed by atoms with Crippen LogP contribution in [0.3, 0.4) is 0 Å². The summed E-state index contributed by atoms with van der Waals surface area (Å²) in [5.41, 5.74) is 0.250. The van der Waals surface area contributed by atoms with Crippen LogP contribution in [0.5, 0.6) is 11.5 Å². The lowest BCUT2D eigenvalue weighted by molar-refractivity contribution is -0.156. The molecule has 1 amide bonds. The fourth-order valence-corrected chi connectivity index (χ4v) is 3.04. The van der Waals surface area contributed by atoms with Gasteiger partial charge in [0.1, 0.15) is 0 Å². The van der Waals surface area contributed by atoms with Crippen LogP contribution in [0.15, 0.2) is 47.9 Å². The van der Waals surface area contributed by atoms with Crippen molar-refractivity contribution in [2.24, 2.45) is 5.16 Å². The predicted molar refractivity (Wildman–Crippen MR) is 103 cm³/mol. The van der Waals surface area contributed by atoms with Crippen LogP contribution in [0, 0.1) is 0 Å². The number of ether oxygens (including phenoxy) is 2. The first-order chi connectivity index (χ1) is 14.0. The highest BCUT2D eigenvalue weighted by atomic mass is 16.7. The fourth-order valence-electron chi connectivity index (χ4n) is 3.04. The van der Waals surface area contributed by atoms with Gasteiger partial charge in [0.2, 0.25) is 5.60 Å². The first-order valence-corrected chi connectivity index (χ1v) is 8.84. The number of benzene rings is 1. The summed E-state index contributed by atoms with van der Waals surface area (Å²) < 4.78 is 10.5. The number of hydrogen-bond acceptors (Lipinski definition) is 7. The van der Waals surface area contributed by atoms with E-state index in [2.05, 4.69) is 15.5 Å². The Bertz CT molecular complexity index is 931. The molecule has 1 aromatic heterocycles. The molecule has 0 aliphatic carbocycles. The molecule has 0 fully saturated rings. The Morgan fingerprint density at radius 2 is 2.03 bits per heavy atom. The first kappa shape index (κ1) is 20.1. The molecule has 1 atom stereocenters. The fraction of sp³-hybridized carbons (Fsp3) is 0.300. The Labute approximate surface area is 167 Å². The molecular weight excluding hydrogens is 378 g/mol. The monoisotopic (exact) mass is 399 g/mol. The Hall–Kier alpha value is -3.62. The van der Waals surface area contributed by atoms with Gasteiger partial charge in [-0.25, -0.2) is 0 Å². The summed E-state index contributed by atoms with van der Waals surface area (Å²) in [4.78, 5) is 33.6. The Balaban J connectivity index is 1.78. The van der Waals surface area contributed by atoms with E-state index in [1.54, 1.807) is 42.7 Å². The number of nitrogens with zero attached hydrogens (tertiary/aromatic N) is 2. The number of oxime groups is 1. The number of pyridine rings is 1. The lowest BCUT2D eigenvalue weighted by atomic mass is 9.90. The van der Waals surface area contributed by atoms with Crippen LogP contribution in [-0.2, 0) is 21.0 Å². The van der Waals surface area contributed by atoms with Gasteiger partial charge in [-0.2, -0.15) is 0 Å². The third kappa shape index (κ3) is 4.45. The number of aromatic nitrogens is 1. The standard InChI is InChI=1S/C20H21N3O6/c1-27-16-6-5-14(8-17(16)28-2)15-9-20(29-23-15,10-18(24)25)19(26)22-12-13-4-3-7-21-11-13/h3-8,11H,9-10,12H2,1-2H3,(H,22,26)(H,24,25). The highest BCUT2D eigenvalue weighted by Crippen LogP contribution is 2.34. The molecule has 9 heteroatoms.